The Labute approximate surface area is 232 Å². The number of furan rings is 2. The van der Waals surface area contributed by atoms with Gasteiger partial charge in [0.25, 0.3) is 0 Å². The van der Waals surface area contributed by atoms with Crippen LogP contribution in [0.3, 0.4) is 0 Å². The van der Waals surface area contributed by atoms with Crippen molar-refractivity contribution >= 4 is 65.7 Å². The number of para-hydroxylation sites is 2. The van der Waals surface area contributed by atoms with E-state index >= 15 is 0 Å². The molecule has 0 amide bonds. The molecule has 5 heteroatoms. The fourth-order valence-electron chi connectivity index (χ4n) is 6.29. The van der Waals surface area contributed by atoms with Crippen molar-refractivity contribution in [2.45, 2.75) is 6.92 Å². The smallest absolute Gasteiger partial charge is 0.159 e. The zero-order chi connectivity index (χ0) is 27.2. The van der Waals surface area contributed by atoms with Gasteiger partial charge in [-0.15, -0.1) is 0 Å². The van der Waals surface area contributed by atoms with E-state index in [0.717, 1.165) is 77.2 Å². The molecule has 0 aliphatic rings. The maximum atomic E-state index is 14.3. The van der Waals surface area contributed by atoms with E-state index in [1.807, 2.05) is 48.5 Å². The third kappa shape index (κ3) is 3.11. The Bertz CT molecular complexity index is 2510. The van der Waals surface area contributed by atoms with E-state index < -0.39 is 0 Å². The summed E-state index contributed by atoms with van der Waals surface area (Å²) in [5.74, 6) is 0.455. The molecule has 0 atom stereocenters. The molecule has 4 nitrogen and oxygen atoms in total. The van der Waals surface area contributed by atoms with Gasteiger partial charge in [-0.1, -0.05) is 60.7 Å². The molecule has 9 rings (SSSR count). The first-order valence-electron chi connectivity index (χ1n) is 13.6. The van der Waals surface area contributed by atoms with Crippen molar-refractivity contribution in [3.8, 4) is 17.1 Å². The summed E-state index contributed by atoms with van der Waals surface area (Å²) in [6, 6.07) is 35.6. The lowest BCUT2D eigenvalue weighted by Gasteiger charge is -2.11. The zero-order valence-corrected chi connectivity index (χ0v) is 22.0. The molecule has 0 unspecified atom stereocenters. The van der Waals surface area contributed by atoms with Gasteiger partial charge >= 0.3 is 0 Å². The molecule has 9 aromatic rings. The number of imidazole rings is 1. The van der Waals surface area contributed by atoms with Crippen molar-refractivity contribution in [2.24, 2.45) is 0 Å². The fraction of sp³-hybridized carbons (Fsp3) is 0.0278. The summed E-state index contributed by atoms with van der Waals surface area (Å²) in [4.78, 5) is 5.24. The van der Waals surface area contributed by atoms with Crippen molar-refractivity contribution in [1.29, 1.82) is 0 Å². The molecule has 0 fully saturated rings. The maximum absolute atomic E-state index is 14.3. The van der Waals surface area contributed by atoms with Crippen LogP contribution in [-0.4, -0.2) is 9.55 Å². The van der Waals surface area contributed by atoms with Gasteiger partial charge in [-0.3, -0.25) is 4.57 Å². The zero-order valence-electron chi connectivity index (χ0n) is 22.0. The fourth-order valence-corrected chi connectivity index (χ4v) is 6.29. The van der Waals surface area contributed by atoms with Gasteiger partial charge in [0, 0.05) is 21.5 Å². The monoisotopic (exact) mass is 532 g/mol. The SMILES string of the molecule is Cc1ccc(-c2nc3cc4ccccc4cc3n2-c2cccc3c2oc2ccc(F)cc23)c2oc3ccccc3c12. The first kappa shape index (κ1) is 22.4. The van der Waals surface area contributed by atoms with E-state index in [-0.39, 0.29) is 5.82 Å². The molecular weight excluding hydrogens is 511 g/mol. The number of benzene rings is 6. The number of aromatic nitrogens is 2. The molecule has 3 aromatic heterocycles. The lowest BCUT2D eigenvalue weighted by atomic mass is 10.0. The minimum absolute atomic E-state index is 0.294. The lowest BCUT2D eigenvalue weighted by Crippen LogP contribution is -1.98. The molecule has 0 saturated carbocycles. The molecule has 0 saturated heterocycles. The number of hydrogen-bond donors (Lipinski definition) is 0. The Morgan fingerprint density at radius 1 is 0.659 bits per heavy atom. The minimum Gasteiger partial charge on any atom is -0.455 e. The van der Waals surface area contributed by atoms with Gasteiger partial charge in [-0.25, -0.2) is 9.37 Å². The molecule has 0 radical (unpaired) electrons. The minimum atomic E-state index is -0.294. The van der Waals surface area contributed by atoms with Crippen LogP contribution in [0.5, 0.6) is 0 Å². The second-order valence-corrected chi connectivity index (χ2v) is 10.6. The quantitative estimate of drug-likeness (QED) is 0.222. The van der Waals surface area contributed by atoms with Crippen molar-refractivity contribution in [3.63, 3.8) is 0 Å². The molecule has 0 N–H and O–H groups in total. The predicted molar refractivity (Wildman–Crippen MR) is 163 cm³/mol. The number of halogens is 1. The predicted octanol–water partition coefficient (Wildman–Crippen LogP) is 10.1. The summed E-state index contributed by atoms with van der Waals surface area (Å²) in [7, 11) is 0. The van der Waals surface area contributed by atoms with Gasteiger partial charge in [-0.2, -0.15) is 0 Å². The summed E-state index contributed by atoms with van der Waals surface area (Å²) >= 11 is 0. The highest BCUT2D eigenvalue weighted by molar-refractivity contribution is 6.12. The van der Waals surface area contributed by atoms with Crippen LogP contribution in [0.25, 0.3) is 82.8 Å². The molecule has 194 valence electrons. The Kier molecular flexibility index (Phi) is 4.40. The van der Waals surface area contributed by atoms with Gasteiger partial charge in [0.15, 0.2) is 5.58 Å². The number of rotatable bonds is 2. The summed E-state index contributed by atoms with van der Waals surface area (Å²) in [5, 5.41) is 5.99. The van der Waals surface area contributed by atoms with E-state index in [0.29, 0.717) is 11.2 Å². The third-order valence-electron chi connectivity index (χ3n) is 8.18. The highest BCUT2D eigenvalue weighted by Crippen LogP contribution is 2.42. The normalized spacial score (nSPS) is 12.1. The summed E-state index contributed by atoms with van der Waals surface area (Å²) in [6.45, 7) is 2.11. The van der Waals surface area contributed by atoms with Crippen molar-refractivity contribution in [3.05, 3.63) is 121 Å². The molecule has 0 spiro atoms. The van der Waals surface area contributed by atoms with Gasteiger partial charge in [0.1, 0.15) is 28.4 Å². The van der Waals surface area contributed by atoms with Crippen molar-refractivity contribution in [2.75, 3.05) is 0 Å². The van der Waals surface area contributed by atoms with Gasteiger partial charge in [0.05, 0.1) is 22.3 Å². The highest BCUT2D eigenvalue weighted by atomic mass is 19.1. The summed E-state index contributed by atoms with van der Waals surface area (Å²) < 4.78 is 29.3. The third-order valence-corrected chi connectivity index (χ3v) is 8.18. The van der Waals surface area contributed by atoms with E-state index in [1.54, 1.807) is 6.07 Å². The average molecular weight is 533 g/mol. The number of hydrogen-bond acceptors (Lipinski definition) is 3. The van der Waals surface area contributed by atoms with Gasteiger partial charge in [-0.05, 0) is 71.8 Å². The van der Waals surface area contributed by atoms with E-state index in [2.05, 4.69) is 54.0 Å². The first-order valence-corrected chi connectivity index (χ1v) is 13.6. The number of nitrogens with zero attached hydrogens (tertiary/aromatic N) is 2. The summed E-state index contributed by atoms with van der Waals surface area (Å²) in [5.41, 5.74) is 7.63. The highest BCUT2D eigenvalue weighted by Gasteiger charge is 2.23. The molecule has 3 heterocycles. The van der Waals surface area contributed by atoms with Crippen LogP contribution in [0.1, 0.15) is 5.56 Å². The molecule has 0 aliphatic heterocycles. The molecular formula is C36H21FN2O2. The average Bonchev–Trinajstić information content (AvgIpc) is 3.67. The Balaban J connectivity index is 1.45. The second kappa shape index (κ2) is 8.05. The van der Waals surface area contributed by atoms with Crippen LogP contribution in [0.2, 0.25) is 0 Å². The summed E-state index contributed by atoms with van der Waals surface area (Å²) in [6.07, 6.45) is 0. The van der Waals surface area contributed by atoms with Crippen LogP contribution < -0.4 is 0 Å². The second-order valence-electron chi connectivity index (χ2n) is 10.6. The molecule has 41 heavy (non-hydrogen) atoms. The number of fused-ring (bicyclic) bond motifs is 8. The molecule has 6 aromatic carbocycles. The van der Waals surface area contributed by atoms with Crippen LogP contribution in [0, 0.1) is 12.7 Å². The topological polar surface area (TPSA) is 44.1 Å². The maximum Gasteiger partial charge on any atom is 0.159 e. The van der Waals surface area contributed by atoms with Crippen molar-refractivity contribution in [1.82, 2.24) is 9.55 Å². The van der Waals surface area contributed by atoms with Crippen LogP contribution in [-0.2, 0) is 0 Å². The van der Waals surface area contributed by atoms with E-state index in [9.17, 15) is 4.39 Å². The van der Waals surface area contributed by atoms with Gasteiger partial charge < -0.3 is 8.83 Å². The lowest BCUT2D eigenvalue weighted by molar-refractivity contribution is 0.626. The Hall–Kier alpha value is -5.42. The number of aryl methyl sites for hydroxylation is 1. The Morgan fingerprint density at radius 2 is 1.41 bits per heavy atom. The van der Waals surface area contributed by atoms with E-state index in [4.69, 9.17) is 13.8 Å². The van der Waals surface area contributed by atoms with Crippen LogP contribution >= 0.6 is 0 Å². The molecule has 0 bridgehead atoms. The van der Waals surface area contributed by atoms with Gasteiger partial charge in [0.2, 0.25) is 0 Å². The molecule has 0 aliphatic carbocycles. The van der Waals surface area contributed by atoms with E-state index in [1.165, 1.54) is 12.1 Å². The largest absolute Gasteiger partial charge is 0.455 e. The standard InChI is InChI=1S/C36H21FN2O2/c1-20-13-15-26(35-33(20)25-9-4-5-12-31(25)41-35)36-38-28-17-21-7-2-3-8-22(21)18-30(28)39(36)29-11-6-10-24-27-19-23(37)14-16-32(27)40-34(24)29/h2-19H,1H3. The first-order chi connectivity index (χ1) is 20.1. The van der Waals surface area contributed by atoms with Crippen LogP contribution in [0.15, 0.2) is 118 Å². The van der Waals surface area contributed by atoms with Crippen LogP contribution in [0.4, 0.5) is 4.39 Å². The Morgan fingerprint density at radius 3 is 2.32 bits per heavy atom. The van der Waals surface area contributed by atoms with Crippen molar-refractivity contribution < 1.29 is 13.2 Å².